The first-order valence-electron chi connectivity index (χ1n) is 8.09. The van der Waals surface area contributed by atoms with Crippen LogP contribution in [0.1, 0.15) is 0 Å². The van der Waals surface area contributed by atoms with Crippen LogP contribution in [0.2, 0.25) is 0 Å². The molecule has 0 saturated carbocycles. The summed E-state index contributed by atoms with van der Waals surface area (Å²) < 4.78 is 0. The number of carbonyl (C=O) groups is 2. The Labute approximate surface area is 187 Å². The first-order chi connectivity index (χ1) is 13.6. The van der Waals surface area contributed by atoms with Gasteiger partial charge in [-0.05, 0) is 0 Å². The van der Waals surface area contributed by atoms with Crippen molar-refractivity contribution in [3.05, 3.63) is 0 Å². The first kappa shape index (κ1) is 34.7. The number of rotatable bonds is 12. The number of aliphatic carboxylic acids is 2. The summed E-state index contributed by atoms with van der Waals surface area (Å²) in [5.41, 5.74) is 0. The molecule has 0 aliphatic rings. The van der Waals surface area contributed by atoms with Gasteiger partial charge >= 0.3 is 19.5 Å². The van der Waals surface area contributed by atoms with Crippen LogP contribution >= 0.6 is 0 Å². The monoisotopic (exact) mass is 514 g/mol. The fraction of sp³-hybridized carbons (Fsp3) is 0.857. The van der Waals surface area contributed by atoms with Crippen LogP contribution in [0.3, 0.4) is 0 Å². The Morgan fingerprint density at radius 1 is 0.516 bits per heavy atom. The summed E-state index contributed by atoms with van der Waals surface area (Å²) in [5, 5.41) is 126. The Hall–Kier alpha value is -0.917. The maximum atomic E-state index is 10.1. The predicted octanol–water partition coefficient (Wildman–Crippen LogP) is -10.9. The van der Waals surface area contributed by atoms with Gasteiger partial charge in [-0.2, -0.15) is 0 Å². The molecule has 180 valence electrons. The number of hydrogen-bond donors (Lipinski definition) is 12. The van der Waals surface area contributed by atoms with E-state index in [1.807, 2.05) is 0 Å². The Bertz CT molecular complexity index is 465. The smallest absolute Gasteiger partial charge is 0.547 e. The second-order valence-corrected chi connectivity index (χ2v) is 5.97. The zero-order valence-corrected chi connectivity index (χ0v) is 18.9. The van der Waals surface area contributed by atoms with Crippen LogP contribution in [0, 0.1) is 0 Å². The Morgan fingerprint density at radius 2 is 0.742 bits per heavy atom. The molecule has 12 N–H and O–H groups in total. The Kier molecular flexibility index (Phi) is 18.7. The summed E-state index contributed by atoms with van der Waals surface area (Å²) in [5.74, 6) is -4.07. The molecule has 17 heteroatoms. The topological polar surface area (TPSA) is 323 Å². The molecule has 0 radical (unpaired) electrons. The molecule has 0 spiro atoms. The molecule has 0 amide bonds. The van der Waals surface area contributed by atoms with Crippen LogP contribution in [-0.2, 0) is 29.1 Å². The minimum Gasteiger partial charge on any atom is -0.547 e. The van der Waals surface area contributed by atoms with Crippen LogP contribution < -0.4 is 10.2 Å². The van der Waals surface area contributed by atoms with Crippen LogP contribution in [0.25, 0.3) is 0 Å². The third kappa shape index (κ3) is 11.5. The van der Waals surface area contributed by atoms with Crippen molar-refractivity contribution in [1.82, 2.24) is 0 Å². The van der Waals surface area contributed by atoms with Gasteiger partial charge in [-0.1, -0.05) is 0 Å². The predicted molar refractivity (Wildman–Crippen MR) is 84.3 cm³/mol. The maximum Gasteiger partial charge on any atom is 2.00 e. The molecule has 31 heavy (non-hydrogen) atoms. The zero-order valence-electron chi connectivity index (χ0n) is 15.9. The second kappa shape index (κ2) is 16.7. The number of carboxylic acid groups (broad SMARTS) is 2. The first-order valence-corrected chi connectivity index (χ1v) is 8.09. The third-order valence-electron chi connectivity index (χ3n) is 3.69. The van der Waals surface area contributed by atoms with Gasteiger partial charge in [-0.15, -0.1) is 0 Å². The summed E-state index contributed by atoms with van der Waals surface area (Å²) in [6.45, 7) is -1.79. The molecule has 0 rings (SSSR count). The number of hydrogen-bond acceptors (Lipinski definition) is 16. The number of carboxylic acids is 2. The minimum absolute atomic E-state index is 0. The van der Waals surface area contributed by atoms with E-state index in [0.717, 1.165) is 0 Å². The summed E-state index contributed by atoms with van der Waals surface area (Å²) in [7, 11) is 0. The molecular weight excluding hydrogens is 490 g/mol. The van der Waals surface area contributed by atoms with Crippen LogP contribution in [0.4, 0.5) is 0 Å². The van der Waals surface area contributed by atoms with Gasteiger partial charge in [0.25, 0.3) is 0 Å². The van der Waals surface area contributed by atoms with Crippen molar-refractivity contribution in [2.24, 2.45) is 0 Å². The minimum atomic E-state index is -2.40. The molecule has 0 unspecified atom stereocenters. The van der Waals surface area contributed by atoms with Gasteiger partial charge in [-0.25, -0.2) is 0 Å². The average Bonchev–Trinajstić information content (AvgIpc) is 2.73. The molecule has 0 saturated heterocycles. The molecule has 0 bridgehead atoms. The van der Waals surface area contributed by atoms with E-state index in [-0.39, 0.29) is 19.5 Å². The second-order valence-electron chi connectivity index (χ2n) is 5.97. The fourth-order valence-electron chi connectivity index (χ4n) is 1.73. The van der Waals surface area contributed by atoms with Crippen LogP contribution in [0.5, 0.6) is 0 Å². The van der Waals surface area contributed by atoms with Crippen molar-refractivity contribution in [3.8, 4) is 0 Å². The van der Waals surface area contributed by atoms with Gasteiger partial charge in [0.2, 0.25) is 0 Å². The van der Waals surface area contributed by atoms with Gasteiger partial charge in [0, 0.05) is 0 Å². The number of carbonyl (C=O) groups excluding carboxylic acids is 2. The summed E-state index contributed by atoms with van der Waals surface area (Å²) in [6.07, 6.45) is -21.0. The number of aliphatic hydroxyl groups is 12. The van der Waals surface area contributed by atoms with Crippen LogP contribution in [0.15, 0.2) is 0 Å². The van der Waals surface area contributed by atoms with E-state index in [2.05, 4.69) is 0 Å². The van der Waals surface area contributed by atoms with Crippen molar-refractivity contribution in [1.29, 1.82) is 0 Å². The molecule has 0 fully saturated rings. The van der Waals surface area contributed by atoms with E-state index in [1.165, 1.54) is 0 Å². The van der Waals surface area contributed by atoms with Crippen molar-refractivity contribution in [2.75, 3.05) is 13.2 Å². The van der Waals surface area contributed by atoms with E-state index in [4.69, 9.17) is 61.3 Å². The van der Waals surface area contributed by atoms with Crippen LogP contribution in [-0.4, -0.2) is 147 Å². The third-order valence-corrected chi connectivity index (χ3v) is 3.69. The van der Waals surface area contributed by atoms with E-state index in [9.17, 15) is 19.8 Å². The fourth-order valence-corrected chi connectivity index (χ4v) is 1.73. The zero-order chi connectivity index (χ0) is 24.3. The van der Waals surface area contributed by atoms with E-state index >= 15 is 0 Å². The van der Waals surface area contributed by atoms with Gasteiger partial charge in [0.05, 0.1) is 25.2 Å². The van der Waals surface area contributed by atoms with Gasteiger partial charge in [-0.3, -0.25) is 0 Å². The van der Waals surface area contributed by atoms with E-state index in [0.29, 0.717) is 0 Å². The maximum absolute atomic E-state index is 10.1. The molecule has 0 aromatic heterocycles. The summed E-state index contributed by atoms with van der Waals surface area (Å²) in [4.78, 5) is 20.2. The Morgan fingerprint density at radius 3 is 0.903 bits per heavy atom. The molecule has 0 aromatic rings. The molecule has 10 atom stereocenters. The molecule has 16 nitrogen and oxygen atoms in total. The molecule has 0 aromatic carbocycles. The van der Waals surface area contributed by atoms with Crippen molar-refractivity contribution in [3.63, 3.8) is 0 Å². The molecule has 0 heterocycles. The van der Waals surface area contributed by atoms with Gasteiger partial charge in [0.15, 0.2) is 0 Å². The van der Waals surface area contributed by atoms with Crippen molar-refractivity contribution >= 4 is 11.9 Å². The normalized spacial score (nSPS) is 20.8. The average molecular weight is 516 g/mol. The molecule has 0 aliphatic carbocycles. The van der Waals surface area contributed by atoms with Crippen molar-refractivity contribution < 1.29 is 101 Å². The van der Waals surface area contributed by atoms with E-state index < -0.39 is 86.2 Å². The number of aliphatic hydroxyl groups excluding tert-OH is 12. The van der Waals surface area contributed by atoms with Crippen molar-refractivity contribution in [2.45, 2.75) is 61.0 Å². The molecular formula is C14H26O16Zn. The summed E-state index contributed by atoms with van der Waals surface area (Å²) in [6, 6.07) is 0. The molecule has 0 aliphatic heterocycles. The SMILES string of the molecule is O=C([O-])[C@H](O)[C@H](O)[C@H](O)[C@@H](O)[C@H](O)CO.O=C([O-])[C@H](O)[C@H](O)[C@H](O)[C@@H](O)[C@H](O)CO.[Zn+2]. The quantitative estimate of drug-likeness (QED) is 0.107. The largest absolute Gasteiger partial charge is 2.00 e. The van der Waals surface area contributed by atoms with E-state index in [1.54, 1.807) is 0 Å². The standard InChI is InChI=1S/2C7H14O8.Zn/c2*8-1-2(9)3(10)4(11)5(12)6(13)7(14)15;/h2*2-6,8-13H,1H2,(H,14,15);/q;;+2/p-2/t2*2-,3+,4-,5-,6-;/m11./s1. The van der Waals surface area contributed by atoms with Gasteiger partial charge in [0.1, 0.15) is 61.0 Å². The Balaban J connectivity index is -0.000000490. The summed E-state index contributed by atoms with van der Waals surface area (Å²) >= 11 is 0. The van der Waals surface area contributed by atoms with Gasteiger partial charge < -0.3 is 81.1 Å².